The summed E-state index contributed by atoms with van der Waals surface area (Å²) in [6, 6.07) is 4.33. The van der Waals surface area contributed by atoms with Gasteiger partial charge in [0.25, 0.3) is 5.91 Å². The molecule has 0 aliphatic carbocycles. The molecular formula is C13H11FN6O. The van der Waals surface area contributed by atoms with Gasteiger partial charge in [0.15, 0.2) is 5.82 Å². The number of H-pyrrole nitrogens is 1. The molecule has 0 atom stereocenters. The Hall–Kier alpha value is -3.03. The fourth-order valence-corrected chi connectivity index (χ4v) is 1.88. The van der Waals surface area contributed by atoms with E-state index in [0.717, 1.165) is 0 Å². The summed E-state index contributed by atoms with van der Waals surface area (Å²) in [7, 11) is 0. The van der Waals surface area contributed by atoms with E-state index in [0.29, 0.717) is 16.9 Å². The molecular weight excluding hydrogens is 275 g/mol. The van der Waals surface area contributed by atoms with Crippen LogP contribution in [0.4, 0.5) is 10.1 Å². The third-order valence-corrected chi connectivity index (χ3v) is 2.95. The molecule has 7 nitrogen and oxygen atoms in total. The number of nitrogens with one attached hydrogen (secondary N) is 2. The lowest BCUT2D eigenvalue weighted by Crippen LogP contribution is -2.12. The summed E-state index contributed by atoms with van der Waals surface area (Å²) < 4.78 is 15.3. The molecule has 0 saturated carbocycles. The number of carbonyl (C=O) groups is 1. The molecule has 0 unspecified atom stereocenters. The summed E-state index contributed by atoms with van der Waals surface area (Å²) in [6.07, 6.45) is 4.13. The zero-order valence-corrected chi connectivity index (χ0v) is 11.0. The van der Waals surface area contributed by atoms with Gasteiger partial charge in [-0.2, -0.15) is 10.2 Å². The Kier molecular flexibility index (Phi) is 3.19. The van der Waals surface area contributed by atoms with Crippen LogP contribution in [0.15, 0.2) is 37.1 Å². The zero-order chi connectivity index (χ0) is 14.8. The number of aromatic nitrogens is 5. The van der Waals surface area contributed by atoms with E-state index >= 15 is 0 Å². The van der Waals surface area contributed by atoms with Crippen LogP contribution >= 0.6 is 0 Å². The lowest BCUT2D eigenvalue weighted by molar-refractivity contribution is 0.102. The van der Waals surface area contributed by atoms with Gasteiger partial charge in [0.05, 0.1) is 11.8 Å². The van der Waals surface area contributed by atoms with E-state index in [-0.39, 0.29) is 11.6 Å². The second kappa shape index (κ2) is 5.16. The first-order valence-electron chi connectivity index (χ1n) is 6.11. The maximum atomic E-state index is 14.0. The first kappa shape index (κ1) is 13.0. The summed E-state index contributed by atoms with van der Waals surface area (Å²) in [5.41, 5.74) is 1.66. The summed E-state index contributed by atoms with van der Waals surface area (Å²) in [5.74, 6) is -0.864. The van der Waals surface area contributed by atoms with Crippen molar-refractivity contribution in [1.29, 1.82) is 0 Å². The number of anilines is 1. The number of aryl methyl sites for hydroxylation is 1. The van der Waals surface area contributed by atoms with Gasteiger partial charge in [-0.15, -0.1) is 0 Å². The Morgan fingerprint density at radius 3 is 2.90 bits per heavy atom. The average molecular weight is 286 g/mol. The number of halogens is 1. The summed E-state index contributed by atoms with van der Waals surface area (Å²) >= 11 is 0. The topological polar surface area (TPSA) is 88.5 Å². The summed E-state index contributed by atoms with van der Waals surface area (Å²) in [4.78, 5) is 15.8. The Morgan fingerprint density at radius 1 is 1.43 bits per heavy atom. The van der Waals surface area contributed by atoms with Crippen LogP contribution in [-0.4, -0.2) is 30.9 Å². The first-order valence-corrected chi connectivity index (χ1v) is 6.11. The first-order chi connectivity index (χ1) is 10.1. The van der Waals surface area contributed by atoms with Crippen LogP contribution in [0.5, 0.6) is 0 Å². The number of hydrogen-bond donors (Lipinski definition) is 2. The number of rotatable bonds is 3. The van der Waals surface area contributed by atoms with Gasteiger partial charge in [-0.3, -0.25) is 9.89 Å². The fourth-order valence-electron chi connectivity index (χ4n) is 1.88. The van der Waals surface area contributed by atoms with Crippen molar-refractivity contribution in [2.75, 3.05) is 5.32 Å². The zero-order valence-electron chi connectivity index (χ0n) is 11.0. The molecule has 0 saturated heterocycles. The minimum absolute atomic E-state index is 0.255. The van der Waals surface area contributed by atoms with E-state index in [2.05, 4.69) is 25.6 Å². The Bertz CT molecular complexity index is 780. The van der Waals surface area contributed by atoms with E-state index < -0.39 is 5.82 Å². The molecule has 0 aliphatic heterocycles. The van der Waals surface area contributed by atoms with Gasteiger partial charge in [0.2, 0.25) is 0 Å². The molecule has 2 heterocycles. The predicted octanol–water partition coefficient (Wildman–Crippen LogP) is 1.69. The van der Waals surface area contributed by atoms with E-state index in [1.54, 1.807) is 13.0 Å². The number of nitrogens with zero attached hydrogens (tertiary/aromatic N) is 4. The third kappa shape index (κ3) is 2.50. The molecule has 3 aromatic rings. The van der Waals surface area contributed by atoms with E-state index in [9.17, 15) is 9.18 Å². The molecule has 2 aromatic heterocycles. The molecule has 0 fully saturated rings. The quantitative estimate of drug-likeness (QED) is 0.767. The number of benzene rings is 1. The van der Waals surface area contributed by atoms with Crippen LogP contribution < -0.4 is 5.32 Å². The lowest BCUT2D eigenvalue weighted by Gasteiger charge is -2.07. The van der Waals surface area contributed by atoms with Crippen LogP contribution in [0.1, 0.15) is 16.1 Å². The van der Waals surface area contributed by atoms with Gasteiger partial charge >= 0.3 is 0 Å². The van der Waals surface area contributed by atoms with Crippen molar-refractivity contribution in [2.45, 2.75) is 6.92 Å². The van der Waals surface area contributed by atoms with Gasteiger partial charge in [0.1, 0.15) is 18.3 Å². The van der Waals surface area contributed by atoms with Crippen molar-refractivity contribution >= 4 is 11.6 Å². The highest BCUT2D eigenvalue weighted by molar-refractivity contribution is 6.04. The molecule has 8 heteroatoms. The molecule has 1 amide bonds. The van der Waals surface area contributed by atoms with Gasteiger partial charge in [-0.25, -0.2) is 14.1 Å². The third-order valence-electron chi connectivity index (χ3n) is 2.95. The number of carbonyl (C=O) groups excluding carboxylic acids is 1. The van der Waals surface area contributed by atoms with Crippen LogP contribution in [-0.2, 0) is 0 Å². The molecule has 106 valence electrons. The number of amides is 1. The van der Waals surface area contributed by atoms with Crippen molar-refractivity contribution < 1.29 is 9.18 Å². The van der Waals surface area contributed by atoms with Crippen LogP contribution in [0, 0.1) is 12.7 Å². The SMILES string of the molecule is Cc1[nH]ncc1C(=O)Nc1ccc(-n2cncn2)c(F)c1. The lowest BCUT2D eigenvalue weighted by atomic mass is 10.2. The monoisotopic (exact) mass is 286 g/mol. The molecule has 1 aromatic carbocycles. The average Bonchev–Trinajstić information content (AvgIpc) is 3.10. The molecule has 0 radical (unpaired) electrons. The Balaban J connectivity index is 1.83. The Labute approximate surface area is 118 Å². The van der Waals surface area contributed by atoms with Gasteiger partial charge in [0, 0.05) is 11.4 Å². The highest BCUT2D eigenvalue weighted by Crippen LogP contribution is 2.18. The molecule has 2 N–H and O–H groups in total. The van der Waals surface area contributed by atoms with Gasteiger partial charge in [-0.1, -0.05) is 0 Å². The van der Waals surface area contributed by atoms with Crippen molar-refractivity contribution in [1.82, 2.24) is 25.0 Å². The normalized spacial score (nSPS) is 10.6. The molecule has 21 heavy (non-hydrogen) atoms. The minimum Gasteiger partial charge on any atom is -0.322 e. The van der Waals surface area contributed by atoms with Crippen molar-refractivity contribution in [3.8, 4) is 5.69 Å². The number of hydrogen-bond acceptors (Lipinski definition) is 4. The van der Waals surface area contributed by atoms with Crippen molar-refractivity contribution in [3.63, 3.8) is 0 Å². The standard InChI is InChI=1S/C13H11FN6O/c1-8-10(5-16-19-8)13(21)18-9-2-3-12(11(14)4-9)20-7-15-6-17-20/h2-7H,1H3,(H,16,19)(H,18,21). The largest absolute Gasteiger partial charge is 0.322 e. The van der Waals surface area contributed by atoms with Crippen LogP contribution in [0.3, 0.4) is 0 Å². The van der Waals surface area contributed by atoms with E-state index in [4.69, 9.17) is 0 Å². The smallest absolute Gasteiger partial charge is 0.259 e. The fraction of sp³-hybridized carbons (Fsp3) is 0.0769. The van der Waals surface area contributed by atoms with Gasteiger partial charge < -0.3 is 5.32 Å². The van der Waals surface area contributed by atoms with Crippen molar-refractivity contribution in [3.05, 3.63) is 54.1 Å². The van der Waals surface area contributed by atoms with Crippen LogP contribution in [0.2, 0.25) is 0 Å². The highest BCUT2D eigenvalue weighted by atomic mass is 19.1. The number of aromatic amines is 1. The highest BCUT2D eigenvalue weighted by Gasteiger charge is 2.12. The molecule has 0 bridgehead atoms. The molecule has 3 rings (SSSR count). The summed E-state index contributed by atoms with van der Waals surface area (Å²) in [6.45, 7) is 1.73. The van der Waals surface area contributed by atoms with Gasteiger partial charge in [-0.05, 0) is 25.1 Å². The maximum Gasteiger partial charge on any atom is 0.259 e. The second-order valence-electron chi connectivity index (χ2n) is 4.37. The van der Waals surface area contributed by atoms with E-state index in [1.165, 1.54) is 35.7 Å². The predicted molar refractivity (Wildman–Crippen MR) is 72.6 cm³/mol. The van der Waals surface area contributed by atoms with E-state index in [1.807, 2.05) is 0 Å². The Morgan fingerprint density at radius 2 is 2.29 bits per heavy atom. The minimum atomic E-state index is -0.512. The maximum absolute atomic E-state index is 14.0. The van der Waals surface area contributed by atoms with Crippen molar-refractivity contribution in [2.24, 2.45) is 0 Å². The summed E-state index contributed by atoms with van der Waals surface area (Å²) in [5, 5.41) is 12.9. The second-order valence-corrected chi connectivity index (χ2v) is 4.37. The molecule has 0 spiro atoms. The molecule has 0 aliphatic rings. The van der Waals surface area contributed by atoms with Crippen LogP contribution in [0.25, 0.3) is 5.69 Å².